The van der Waals surface area contributed by atoms with Crippen LogP contribution in [0.5, 0.6) is 0 Å². The number of fused-ring (bicyclic) bond motifs is 1. The Kier molecular flexibility index (Phi) is 4.87. The molecule has 1 aliphatic carbocycles. The minimum atomic E-state index is -0.605. The summed E-state index contributed by atoms with van der Waals surface area (Å²) in [6.45, 7) is 1.48. The van der Waals surface area contributed by atoms with E-state index in [9.17, 15) is 20.2 Å². The molecule has 130 valence electrons. The van der Waals surface area contributed by atoms with E-state index in [1.54, 1.807) is 6.92 Å². The van der Waals surface area contributed by atoms with E-state index in [0.29, 0.717) is 16.3 Å². The normalized spacial score (nSPS) is 13.2. The van der Waals surface area contributed by atoms with Crippen LogP contribution in [0.3, 0.4) is 0 Å². The van der Waals surface area contributed by atoms with Crippen molar-refractivity contribution in [1.82, 2.24) is 9.78 Å². The van der Waals surface area contributed by atoms with Gasteiger partial charge in [0.25, 0.3) is 0 Å². The standard InChI is InChI=1S/C15H14BrN5O3S/c1-8-13(16)14(21(23)24)19-20(8)7-12(22)18-15-10(6-17)9-4-2-3-5-11(9)25-15/h2-5,7H2,1H3,(H,18,22). The fraction of sp³-hybridized carbons (Fsp3) is 0.400. The minimum absolute atomic E-state index is 0.161. The number of nitro groups is 1. The van der Waals surface area contributed by atoms with Gasteiger partial charge in [-0.25, -0.2) is 0 Å². The predicted octanol–water partition coefficient (Wildman–Crippen LogP) is 3.31. The van der Waals surface area contributed by atoms with Crippen LogP contribution in [0.4, 0.5) is 10.8 Å². The van der Waals surface area contributed by atoms with Gasteiger partial charge >= 0.3 is 5.82 Å². The second-order valence-electron chi connectivity index (χ2n) is 5.71. The van der Waals surface area contributed by atoms with Gasteiger partial charge in [0, 0.05) is 4.88 Å². The molecule has 0 fully saturated rings. The number of hydrogen-bond donors (Lipinski definition) is 1. The van der Waals surface area contributed by atoms with E-state index in [-0.39, 0.29) is 22.7 Å². The molecule has 0 unspecified atom stereocenters. The molecule has 2 aromatic rings. The molecule has 0 spiro atoms. The maximum atomic E-state index is 12.3. The molecule has 0 atom stereocenters. The van der Waals surface area contributed by atoms with Crippen LogP contribution in [0, 0.1) is 28.4 Å². The maximum Gasteiger partial charge on any atom is 0.404 e. The van der Waals surface area contributed by atoms with Crippen molar-refractivity contribution >= 4 is 44.0 Å². The lowest BCUT2D eigenvalue weighted by molar-refractivity contribution is -0.390. The average Bonchev–Trinajstić information content (AvgIpc) is 3.06. The number of anilines is 1. The van der Waals surface area contributed by atoms with Crippen molar-refractivity contribution in [3.8, 4) is 6.07 Å². The van der Waals surface area contributed by atoms with Gasteiger partial charge < -0.3 is 15.4 Å². The first-order valence-electron chi connectivity index (χ1n) is 7.64. The molecule has 8 nitrogen and oxygen atoms in total. The Morgan fingerprint density at radius 2 is 2.24 bits per heavy atom. The summed E-state index contributed by atoms with van der Waals surface area (Å²) >= 11 is 4.56. The van der Waals surface area contributed by atoms with E-state index in [1.807, 2.05) is 0 Å². The first-order valence-corrected chi connectivity index (χ1v) is 9.25. The number of carbonyl (C=O) groups excluding carboxylic acids is 1. The van der Waals surface area contributed by atoms with Crippen molar-refractivity contribution in [2.24, 2.45) is 0 Å². The number of halogens is 1. The molecular formula is C15H14BrN5O3S. The molecule has 0 radical (unpaired) electrons. The molecule has 0 saturated heterocycles. The lowest BCUT2D eigenvalue weighted by atomic mass is 9.96. The number of nitrogens with one attached hydrogen (secondary N) is 1. The summed E-state index contributed by atoms with van der Waals surface area (Å²) in [6, 6.07) is 2.19. The van der Waals surface area contributed by atoms with Crippen LogP contribution in [-0.4, -0.2) is 20.6 Å². The Labute approximate surface area is 155 Å². The van der Waals surface area contributed by atoms with Gasteiger partial charge in [-0.1, -0.05) is 0 Å². The molecule has 10 heteroatoms. The first-order chi connectivity index (χ1) is 11.9. The Morgan fingerprint density at radius 1 is 1.52 bits per heavy atom. The van der Waals surface area contributed by atoms with Crippen LogP contribution in [0.15, 0.2) is 4.47 Å². The van der Waals surface area contributed by atoms with E-state index < -0.39 is 4.92 Å². The number of aryl methyl sites for hydroxylation is 1. The highest BCUT2D eigenvalue weighted by Crippen LogP contribution is 2.37. The molecule has 1 N–H and O–H groups in total. The molecule has 0 saturated carbocycles. The number of nitrogens with zero attached hydrogens (tertiary/aromatic N) is 4. The third-order valence-electron chi connectivity index (χ3n) is 4.12. The van der Waals surface area contributed by atoms with Crippen molar-refractivity contribution in [1.29, 1.82) is 5.26 Å². The lowest BCUT2D eigenvalue weighted by Gasteiger charge is -2.09. The van der Waals surface area contributed by atoms with Crippen molar-refractivity contribution in [2.75, 3.05) is 5.32 Å². The molecule has 1 amide bonds. The molecular weight excluding hydrogens is 410 g/mol. The molecule has 25 heavy (non-hydrogen) atoms. The quantitative estimate of drug-likeness (QED) is 0.598. The van der Waals surface area contributed by atoms with Gasteiger partial charge in [0.15, 0.2) is 0 Å². The molecule has 0 aromatic carbocycles. The predicted molar refractivity (Wildman–Crippen MR) is 95.6 cm³/mol. The maximum absolute atomic E-state index is 12.3. The number of hydrogen-bond acceptors (Lipinski definition) is 6. The van der Waals surface area contributed by atoms with Crippen molar-refractivity contribution < 1.29 is 9.72 Å². The largest absolute Gasteiger partial charge is 0.404 e. The summed E-state index contributed by atoms with van der Waals surface area (Å²) in [5.74, 6) is -0.697. The van der Waals surface area contributed by atoms with Crippen LogP contribution < -0.4 is 5.32 Å². The Morgan fingerprint density at radius 3 is 2.88 bits per heavy atom. The zero-order valence-corrected chi connectivity index (χ0v) is 15.7. The number of aromatic nitrogens is 2. The fourth-order valence-corrected chi connectivity index (χ4v) is 4.54. The smallest absolute Gasteiger partial charge is 0.358 e. The molecule has 2 aromatic heterocycles. The summed E-state index contributed by atoms with van der Waals surface area (Å²) in [4.78, 5) is 23.8. The summed E-state index contributed by atoms with van der Waals surface area (Å²) in [6.07, 6.45) is 3.94. The highest BCUT2D eigenvalue weighted by atomic mass is 79.9. The second kappa shape index (κ2) is 6.93. The van der Waals surface area contributed by atoms with Gasteiger partial charge in [0.1, 0.15) is 22.1 Å². The van der Waals surface area contributed by atoms with Crippen LogP contribution >= 0.6 is 27.3 Å². The second-order valence-corrected chi connectivity index (χ2v) is 7.61. The van der Waals surface area contributed by atoms with Crippen LogP contribution in [-0.2, 0) is 24.2 Å². The average molecular weight is 424 g/mol. The molecule has 2 heterocycles. The van der Waals surface area contributed by atoms with E-state index in [1.165, 1.54) is 16.0 Å². The van der Waals surface area contributed by atoms with Crippen molar-refractivity contribution in [3.05, 3.63) is 36.3 Å². The topological polar surface area (TPSA) is 114 Å². The molecule has 0 aliphatic heterocycles. The van der Waals surface area contributed by atoms with Crippen LogP contribution in [0.2, 0.25) is 0 Å². The molecule has 3 rings (SSSR count). The van der Waals surface area contributed by atoms with Gasteiger partial charge in [-0.2, -0.15) is 9.94 Å². The van der Waals surface area contributed by atoms with Gasteiger partial charge in [-0.05, 0) is 59.0 Å². The Balaban J connectivity index is 1.80. The zero-order chi connectivity index (χ0) is 18.1. The van der Waals surface area contributed by atoms with E-state index >= 15 is 0 Å². The van der Waals surface area contributed by atoms with Gasteiger partial charge in [-0.3, -0.25) is 4.79 Å². The number of amides is 1. The number of nitriles is 1. The summed E-state index contributed by atoms with van der Waals surface area (Å²) in [7, 11) is 0. The van der Waals surface area contributed by atoms with Crippen molar-refractivity contribution in [2.45, 2.75) is 39.2 Å². The third kappa shape index (κ3) is 3.29. The number of rotatable bonds is 4. The monoisotopic (exact) mass is 423 g/mol. The third-order valence-corrected chi connectivity index (χ3v) is 6.25. The SMILES string of the molecule is Cc1c(Br)c([N+](=O)[O-])nn1CC(=O)Nc1sc2c(c1C#N)CCCC2. The van der Waals surface area contributed by atoms with Gasteiger partial charge in [0.05, 0.1) is 16.4 Å². The summed E-state index contributed by atoms with van der Waals surface area (Å²) in [5.41, 5.74) is 2.08. The van der Waals surface area contributed by atoms with Crippen LogP contribution in [0.1, 0.15) is 34.5 Å². The van der Waals surface area contributed by atoms with Crippen molar-refractivity contribution in [3.63, 3.8) is 0 Å². The fourth-order valence-electron chi connectivity index (χ4n) is 2.85. The number of carbonyl (C=O) groups is 1. The summed E-state index contributed by atoms with van der Waals surface area (Å²) < 4.78 is 1.53. The van der Waals surface area contributed by atoms with Crippen LogP contribution in [0.25, 0.3) is 0 Å². The number of thiophene rings is 1. The van der Waals surface area contributed by atoms with E-state index in [4.69, 9.17) is 0 Å². The highest BCUT2D eigenvalue weighted by Gasteiger charge is 2.26. The van der Waals surface area contributed by atoms with E-state index in [2.05, 4.69) is 32.4 Å². The van der Waals surface area contributed by atoms with E-state index in [0.717, 1.165) is 36.1 Å². The van der Waals surface area contributed by atoms with Gasteiger partial charge in [0.2, 0.25) is 5.91 Å². The lowest BCUT2D eigenvalue weighted by Crippen LogP contribution is -2.20. The van der Waals surface area contributed by atoms with Gasteiger partial charge in [-0.15, -0.1) is 11.3 Å². The minimum Gasteiger partial charge on any atom is -0.358 e. The highest BCUT2D eigenvalue weighted by molar-refractivity contribution is 9.10. The first kappa shape index (κ1) is 17.6. The molecule has 0 bridgehead atoms. The Hall–Kier alpha value is -2.25. The summed E-state index contributed by atoms with van der Waals surface area (Å²) in [5, 5.41) is 27.5. The Bertz CT molecular complexity index is 911. The molecule has 1 aliphatic rings. The zero-order valence-electron chi connectivity index (χ0n) is 13.3.